The highest BCUT2D eigenvalue weighted by Gasteiger charge is 2.44. The van der Waals surface area contributed by atoms with Crippen molar-refractivity contribution in [3.8, 4) is 0 Å². The Bertz CT molecular complexity index is 153. The summed E-state index contributed by atoms with van der Waals surface area (Å²) in [6, 6.07) is 0. The molecule has 0 aromatic rings. The molecule has 0 bridgehead atoms. The van der Waals surface area contributed by atoms with Crippen LogP contribution in [0.3, 0.4) is 0 Å². The Morgan fingerprint density at radius 3 is 2.62 bits per heavy atom. The predicted octanol–water partition coefficient (Wildman–Crippen LogP) is 0.596. The van der Waals surface area contributed by atoms with Crippen molar-refractivity contribution in [2.24, 2.45) is 17.1 Å². The van der Waals surface area contributed by atoms with Crippen LogP contribution in [-0.4, -0.2) is 32.8 Å². The molecule has 3 heteroatoms. The Balaban J connectivity index is 2.01. The van der Waals surface area contributed by atoms with E-state index in [0.717, 1.165) is 19.0 Å². The van der Waals surface area contributed by atoms with E-state index in [2.05, 4.69) is 19.2 Å². The van der Waals surface area contributed by atoms with Crippen molar-refractivity contribution in [2.75, 3.05) is 26.7 Å². The van der Waals surface area contributed by atoms with E-state index in [0.29, 0.717) is 12.0 Å². The fourth-order valence-electron chi connectivity index (χ4n) is 1.61. The number of nitrogens with two attached hydrogens (primary N) is 1. The van der Waals surface area contributed by atoms with Crippen molar-refractivity contribution in [1.82, 2.24) is 5.32 Å². The van der Waals surface area contributed by atoms with Crippen molar-refractivity contribution < 1.29 is 4.74 Å². The average molecular weight is 186 g/mol. The van der Waals surface area contributed by atoms with E-state index in [1.807, 2.05) is 0 Å². The van der Waals surface area contributed by atoms with Crippen molar-refractivity contribution >= 4 is 0 Å². The molecule has 0 spiro atoms. The lowest BCUT2D eigenvalue weighted by Crippen LogP contribution is -2.35. The molecule has 13 heavy (non-hydrogen) atoms. The Hall–Kier alpha value is -0.120. The molecule has 0 saturated heterocycles. The topological polar surface area (TPSA) is 47.3 Å². The van der Waals surface area contributed by atoms with Gasteiger partial charge in [-0.05, 0) is 24.3 Å². The maximum atomic E-state index is 5.50. The van der Waals surface area contributed by atoms with Crippen molar-refractivity contribution in [3.63, 3.8) is 0 Å². The molecule has 78 valence electrons. The summed E-state index contributed by atoms with van der Waals surface area (Å²) in [7, 11) is 1.71. The highest BCUT2D eigenvalue weighted by atomic mass is 16.5. The first kappa shape index (κ1) is 11.0. The lowest BCUT2D eigenvalue weighted by Gasteiger charge is -2.13. The van der Waals surface area contributed by atoms with Crippen LogP contribution >= 0.6 is 0 Å². The van der Waals surface area contributed by atoms with Crippen LogP contribution in [0.2, 0.25) is 0 Å². The zero-order chi connectivity index (χ0) is 9.90. The van der Waals surface area contributed by atoms with Crippen molar-refractivity contribution in [2.45, 2.75) is 26.4 Å². The van der Waals surface area contributed by atoms with Gasteiger partial charge in [-0.25, -0.2) is 0 Å². The molecule has 0 aromatic heterocycles. The molecular weight excluding hydrogens is 164 g/mol. The van der Waals surface area contributed by atoms with Crippen LogP contribution in [0.15, 0.2) is 0 Å². The van der Waals surface area contributed by atoms with Gasteiger partial charge in [-0.15, -0.1) is 0 Å². The van der Waals surface area contributed by atoms with Gasteiger partial charge < -0.3 is 15.8 Å². The summed E-state index contributed by atoms with van der Waals surface area (Å²) >= 11 is 0. The van der Waals surface area contributed by atoms with E-state index >= 15 is 0 Å². The smallest absolute Gasteiger partial charge is 0.0817 e. The van der Waals surface area contributed by atoms with Gasteiger partial charge in [0.15, 0.2) is 0 Å². The largest absolute Gasteiger partial charge is 0.379 e. The summed E-state index contributed by atoms with van der Waals surface area (Å²) in [5.41, 5.74) is 6.07. The zero-order valence-electron chi connectivity index (χ0n) is 8.97. The average Bonchev–Trinajstić information content (AvgIpc) is 2.68. The SMILES string of the molecule is COC(CN)CNCC1CC1(C)C. The molecule has 0 aromatic carbocycles. The lowest BCUT2D eigenvalue weighted by atomic mass is 10.1. The third kappa shape index (κ3) is 3.25. The summed E-state index contributed by atoms with van der Waals surface area (Å²) in [6.07, 6.45) is 1.52. The van der Waals surface area contributed by atoms with Crippen molar-refractivity contribution in [1.29, 1.82) is 0 Å². The summed E-state index contributed by atoms with van der Waals surface area (Å²) in [5.74, 6) is 0.850. The van der Waals surface area contributed by atoms with Crippen LogP contribution in [0, 0.1) is 11.3 Å². The van der Waals surface area contributed by atoms with Crippen molar-refractivity contribution in [3.05, 3.63) is 0 Å². The molecule has 3 nitrogen and oxygen atoms in total. The Morgan fingerprint density at radius 2 is 2.23 bits per heavy atom. The maximum Gasteiger partial charge on any atom is 0.0817 e. The van der Waals surface area contributed by atoms with Gasteiger partial charge in [0.2, 0.25) is 0 Å². The monoisotopic (exact) mass is 186 g/mol. The fourth-order valence-corrected chi connectivity index (χ4v) is 1.61. The second-order valence-corrected chi connectivity index (χ2v) is 4.64. The Kier molecular flexibility index (Phi) is 3.71. The van der Waals surface area contributed by atoms with Gasteiger partial charge in [0.1, 0.15) is 0 Å². The van der Waals surface area contributed by atoms with Crippen LogP contribution in [0.25, 0.3) is 0 Å². The number of rotatable bonds is 6. The van der Waals surface area contributed by atoms with Gasteiger partial charge in [-0.2, -0.15) is 0 Å². The molecule has 0 radical (unpaired) electrons. The maximum absolute atomic E-state index is 5.50. The van der Waals surface area contributed by atoms with Gasteiger partial charge >= 0.3 is 0 Å². The second kappa shape index (κ2) is 4.40. The molecule has 0 amide bonds. The minimum atomic E-state index is 0.168. The van der Waals surface area contributed by atoms with Gasteiger partial charge in [0.05, 0.1) is 6.10 Å². The molecule has 2 atom stereocenters. The molecule has 1 saturated carbocycles. The number of methoxy groups -OCH3 is 1. The van der Waals surface area contributed by atoms with E-state index in [1.54, 1.807) is 7.11 Å². The summed E-state index contributed by atoms with van der Waals surface area (Å²) in [5, 5.41) is 3.40. The molecule has 0 aliphatic heterocycles. The lowest BCUT2D eigenvalue weighted by molar-refractivity contribution is 0.108. The predicted molar refractivity (Wildman–Crippen MR) is 54.6 cm³/mol. The molecule has 0 heterocycles. The number of nitrogens with one attached hydrogen (secondary N) is 1. The number of hydrogen-bond donors (Lipinski definition) is 2. The molecular formula is C10H22N2O. The Morgan fingerprint density at radius 1 is 1.62 bits per heavy atom. The normalized spacial score (nSPS) is 27.2. The quantitative estimate of drug-likeness (QED) is 0.638. The first-order valence-electron chi connectivity index (χ1n) is 5.03. The molecule has 3 N–H and O–H groups in total. The molecule has 1 fully saturated rings. The zero-order valence-corrected chi connectivity index (χ0v) is 8.97. The third-order valence-electron chi connectivity index (χ3n) is 3.08. The van der Waals surface area contributed by atoms with E-state index in [4.69, 9.17) is 10.5 Å². The summed E-state index contributed by atoms with van der Waals surface area (Å²) < 4.78 is 5.17. The highest BCUT2D eigenvalue weighted by molar-refractivity contribution is 4.96. The van der Waals surface area contributed by atoms with Gasteiger partial charge in [0.25, 0.3) is 0 Å². The second-order valence-electron chi connectivity index (χ2n) is 4.64. The number of hydrogen-bond acceptors (Lipinski definition) is 3. The minimum Gasteiger partial charge on any atom is -0.379 e. The van der Waals surface area contributed by atoms with Gasteiger partial charge in [-0.3, -0.25) is 0 Å². The van der Waals surface area contributed by atoms with Crippen LogP contribution in [0.4, 0.5) is 0 Å². The van der Waals surface area contributed by atoms with Gasteiger partial charge in [0, 0.05) is 20.2 Å². The van der Waals surface area contributed by atoms with E-state index < -0.39 is 0 Å². The molecule has 1 aliphatic carbocycles. The Labute approximate surface area is 81.0 Å². The first-order valence-corrected chi connectivity index (χ1v) is 5.03. The summed E-state index contributed by atoms with van der Waals surface area (Å²) in [4.78, 5) is 0. The van der Waals surface area contributed by atoms with Crippen LogP contribution in [0.1, 0.15) is 20.3 Å². The van der Waals surface area contributed by atoms with Crippen LogP contribution in [0.5, 0.6) is 0 Å². The molecule has 2 unspecified atom stereocenters. The van der Waals surface area contributed by atoms with Gasteiger partial charge in [-0.1, -0.05) is 13.8 Å². The van der Waals surface area contributed by atoms with E-state index in [1.165, 1.54) is 6.42 Å². The third-order valence-corrected chi connectivity index (χ3v) is 3.08. The first-order chi connectivity index (χ1) is 6.10. The highest BCUT2D eigenvalue weighted by Crippen LogP contribution is 2.50. The molecule has 1 rings (SSSR count). The minimum absolute atomic E-state index is 0.168. The molecule has 1 aliphatic rings. The van der Waals surface area contributed by atoms with Crippen LogP contribution < -0.4 is 11.1 Å². The standard InChI is InChI=1S/C10H22N2O/c1-10(2)4-8(10)6-12-7-9(5-11)13-3/h8-9,12H,4-7,11H2,1-3H3. The van der Waals surface area contributed by atoms with E-state index in [9.17, 15) is 0 Å². The van der Waals surface area contributed by atoms with Crippen LogP contribution in [-0.2, 0) is 4.74 Å². The fraction of sp³-hybridized carbons (Fsp3) is 1.00. The van der Waals surface area contributed by atoms with E-state index in [-0.39, 0.29) is 6.10 Å². The number of ether oxygens (including phenoxy) is 1. The summed E-state index contributed by atoms with van der Waals surface area (Å²) in [6.45, 7) is 7.20.